The number of alkyl halides is 4. The van der Waals surface area contributed by atoms with E-state index in [0.29, 0.717) is 59.1 Å². The van der Waals surface area contributed by atoms with E-state index >= 15 is 0 Å². The van der Waals surface area contributed by atoms with Gasteiger partial charge in [0.15, 0.2) is 0 Å². The third-order valence-corrected chi connectivity index (χ3v) is 9.47. The zero-order valence-electron chi connectivity index (χ0n) is 22.1. The van der Waals surface area contributed by atoms with Crippen molar-refractivity contribution >= 4 is 10.9 Å². The van der Waals surface area contributed by atoms with Crippen LogP contribution in [-0.2, 0) is 11.6 Å². The van der Waals surface area contributed by atoms with Crippen LogP contribution in [0.1, 0.15) is 54.5 Å². The van der Waals surface area contributed by atoms with Crippen molar-refractivity contribution in [1.82, 2.24) is 30.0 Å². The first-order valence-corrected chi connectivity index (χ1v) is 13.8. The molecule has 4 aliphatic rings. The van der Waals surface area contributed by atoms with Gasteiger partial charge in [0.05, 0.1) is 39.8 Å². The molecule has 2 atom stereocenters. The van der Waals surface area contributed by atoms with E-state index in [9.17, 15) is 22.7 Å². The van der Waals surface area contributed by atoms with Gasteiger partial charge in [-0.2, -0.15) is 28.2 Å². The van der Waals surface area contributed by atoms with Crippen molar-refractivity contribution in [2.75, 3.05) is 19.7 Å². The topological polar surface area (TPSA) is 100 Å². The fraction of sp³-hybridized carbons (Fsp3) is 0.448. The Balaban J connectivity index is 1.26. The maximum atomic E-state index is 14.5. The minimum Gasteiger partial charge on any atom is -0.493 e. The lowest BCUT2D eigenvalue weighted by molar-refractivity contribution is -0.137. The number of nitrogens with zero attached hydrogens (tertiary/aromatic N) is 5. The van der Waals surface area contributed by atoms with Crippen LogP contribution < -0.4 is 4.74 Å². The van der Waals surface area contributed by atoms with Crippen LogP contribution in [0.15, 0.2) is 24.5 Å². The van der Waals surface area contributed by atoms with Gasteiger partial charge in [-0.15, -0.1) is 0 Å². The fourth-order valence-corrected chi connectivity index (χ4v) is 7.65. The van der Waals surface area contributed by atoms with E-state index in [2.05, 4.69) is 25.1 Å². The van der Waals surface area contributed by atoms with Gasteiger partial charge in [0, 0.05) is 35.5 Å². The third kappa shape index (κ3) is 3.42. The number of ether oxygens (including phenoxy) is 1. The Morgan fingerprint density at radius 1 is 1.20 bits per heavy atom. The van der Waals surface area contributed by atoms with Crippen molar-refractivity contribution in [2.45, 2.75) is 62.3 Å². The second-order valence-electron chi connectivity index (χ2n) is 11.9. The summed E-state index contributed by atoms with van der Waals surface area (Å²) in [4.78, 5) is 15.6. The Kier molecular flexibility index (Phi) is 4.96. The van der Waals surface area contributed by atoms with Gasteiger partial charge in [-0.25, -0.2) is 4.39 Å². The SMILES string of the molecule is Cc1cc2[nH]ncc2c(-c2nccc3c2C2(CC2)c2nc(OC[C@@]45CCCN4C[C@H](F)C5)nc(O)c2-3)c1C(F)(F)F. The van der Waals surface area contributed by atoms with Gasteiger partial charge in [-0.3, -0.25) is 15.0 Å². The van der Waals surface area contributed by atoms with Gasteiger partial charge >= 0.3 is 12.2 Å². The summed E-state index contributed by atoms with van der Waals surface area (Å²) in [6.45, 7) is 2.83. The van der Waals surface area contributed by atoms with E-state index in [4.69, 9.17) is 9.72 Å². The molecule has 41 heavy (non-hydrogen) atoms. The van der Waals surface area contributed by atoms with Crippen molar-refractivity contribution in [3.63, 3.8) is 0 Å². The quantitative estimate of drug-likeness (QED) is 0.317. The van der Waals surface area contributed by atoms with Crippen molar-refractivity contribution in [2.24, 2.45) is 0 Å². The molecular weight excluding hydrogens is 540 g/mol. The van der Waals surface area contributed by atoms with Crippen molar-refractivity contribution in [1.29, 1.82) is 0 Å². The van der Waals surface area contributed by atoms with E-state index < -0.39 is 28.9 Å². The van der Waals surface area contributed by atoms with Crippen LogP contribution in [0.25, 0.3) is 33.3 Å². The number of aryl methyl sites for hydroxylation is 1. The zero-order chi connectivity index (χ0) is 28.3. The number of aromatic nitrogens is 5. The lowest BCUT2D eigenvalue weighted by atomic mass is 9.87. The summed E-state index contributed by atoms with van der Waals surface area (Å²) in [6.07, 6.45) is 0.726. The van der Waals surface area contributed by atoms with E-state index in [1.54, 1.807) is 6.07 Å². The standard InChI is InChI=1S/C29H26F4N6O2/c1-14-9-18-17(11-35-38-18)19(21(14)29(31,32)33)23-22-16(3-7-34-23)20-24(28(22)5-6-28)36-26(37-25(20)40)41-13-27-4-2-8-39(27)12-15(30)10-27/h3,7,9,11,15H,2,4-6,8,10,12-13H2,1H3,(H,35,38)(H,36,37,40)/t15-,27+/m1/s1. The molecule has 4 aromatic rings. The molecule has 2 N–H and O–H groups in total. The van der Waals surface area contributed by atoms with Crippen molar-refractivity contribution in [3.05, 3.63) is 46.9 Å². The van der Waals surface area contributed by atoms with E-state index in [1.807, 2.05) is 0 Å². The normalized spacial score (nSPS) is 24.2. The van der Waals surface area contributed by atoms with Crippen molar-refractivity contribution in [3.8, 4) is 34.3 Å². The predicted octanol–water partition coefficient (Wildman–Crippen LogP) is 5.46. The monoisotopic (exact) mass is 566 g/mol. The highest BCUT2D eigenvalue weighted by molar-refractivity contribution is 6.00. The summed E-state index contributed by atoms with van der Waals surface area (Å²) in [5.74, 6) is -0.295. The molecule has 8 rings (SSSR count). The summed E-state index contributed by atoms with van der Waals surface area (Å²) in [5.41, 5.74) is 0.896. The molecule has 1 saturated carbocycles. The minimum absolute atomic E-state index is 0.0119. The third-order valence-electron chi connectivity index (χ3n) is 9.47. The highest BCUT2D eigenvalue weighted by atomic mass is 19.4. The number of rotatable bonds is 4. The Hall–Kier alpha value is -3.80. The van der Waals surface area contributed by atoms with Crippen LogP contribution in [-0.4, -0.2) is 66.6 Å². The highest BCUT2D eigenvalue weighted by Crippen LogP contribution is 2.65. The average molecular weight is 567 g/mol. The average Bonchev–Trinajstić information content (AvgIpc) is 3.13. The molecule has 8 nitrogen and oxygen atoms in total. The molecule has 0 amide bonds. The van der Waals surface area contributed by atoms with Crippen LogP contribution in [0, 0.1) is 6.92 Å². The number of benzene rings is 1. The number of aromatic hydroxyl groups is 1. The van der Waals surface area contributed by atoms with Crippen LogP contribution in [0.2, 0.25) is 0 Å². The van der Waals surface area contributed by atoms with Gasteiger partial charge in [0.25, 0.3) is 0 Å². The number of hydrogen-bond acceptors (Lipinski definition) is 7. The Morgan fingerprint density at radius 3 is 2.80 bits per heavy atom. The van der Waals surface area contributed by atoms with E-state index in [-0.39, 0.29) is 35.3 Å². The van der Waals surface area contributed by atoms with Crippen molar-refractivity contribution < 1.29 is 27.4 Å². The smallest absolute Gasteiger partial charge is 0.417 e. The molecule has 212 valence electrons. The molecule has 12 heteroatoms. The Morgan fingerprint density at radius 2 is 2.02 bits per heavy atom. The molecule has 5 heterocycles. The molecule has 2 aliphatic carbocycles. The van der Waals surface area contributed by atoms with Gasteiger partial charge in [0.2, 0.25) is 5.88 Å². The summed E-state index contributed by atoms with van der Waals surface area (Å²) in [7, 11) is 0. The molecule has 1 aromatic carbocycles. The second kappa shape index (κ2) is 8.15. The van der Waals surface area contributed by atoms with Crippen LogP contribution >= 0.6 is 0 Å². The lowest BCUT2D eigenvalue weighted by Crippen LogP contribution is -2.43. The Labute approximate surface area is 231 Å². The maximum absolute atomic E-state index is 14.5. The number of pyridine rings is 1. The molecule has 2 aliphatic heterocycles. The number of aromatic amines is 1. The zero-order valence-corrected chi connectivity index (χ0v) is 22.1. The molecule has 0 unspecified atom stereocenters. The Bertz CT molecular complexity index is 1750. The van der Waals surface area contributed by atoms with Gasteiger partial charge < -0.3 is 9.84 Å². The van der Waals surface area contributed by atoms with E-state index in [1.165, 1.54) is 25.4 Å². The number of nitrogens with one attached hydrogen (secondary N) is 1. The number of halogens is 4. The molecule has 1 spiro atoms. The maximum Gasteiger partial charge on any atom is 0.417 e. The largest absolute Gasteiger partial charge is 0.493 e. The summed E-state index contributed by atoms with van der Waals surface area (Å²) in [6, 6.07) is 3.13. The minimum atomic E-state index is -4.63. The van der Waals surface area contributed by atoms with Crippen LogP contribution in [0.3, 0.4) is 0 Å². The molecular formula is C29H26F4N6O2. The predicted molar refractivity (Wildman–Crippen MR) is 140 cm³/mol. The first-order chi connectivity index (χ1) is 19.6. The lowest BCUT2D eigenvalue weighted by Gasteiger charge is -2.30. The molecule has 0 radical (unpaired) electrons. The van der Waals surface area contributed by atoms with Gasteiger partial charge in [0.1, 0.15) is 12.8 Å². The van der Waals surface area contributed by atoms with E-state index in [0.717, 1.165) is 19.4 Å². The molecule has 3 fully saturated rings. The van der Waals surface area contributed by atoms with Crippen LogP contribution in [0.4, 0.5) is 17.6 Å². The first-order valence-electron chi connectivity index (χ1n) is 13.8. The number of fused-ring (bicyclic) bond motifs is 7. The fourth-order valence-electron chi connectivity index (χ4n) is 7.65. The van der Waals surface area contributed by atoms with Gasteiger partial charge in [-0.1, -0.05) is 0 Å². The summed E-state index contributed by atoms with van der Waals surface area (Å²) >= 11 is 0. The number of hydrogen-bond donors (Lipinski definition) is 2. The van der Waals surface area contributed by atoms with Gasteiger partial charge in [-0.05, 0) is 68.0 Å². The summed E-state index contributed by atoms with van der Waals surface area (Å²) < 4.78 is 63.9. The van der Waals surface area contributed by atoms with Crippen LogP contribution in [0.5, 0.6) is 11.9 Å². The summed E-state index contributed by atoms with van der Waals surface area (Å²) in [5, 5.41) is 18.3. The first kappa shape index (κ1) is 25.0. The molecule has 3 aromatic heterocycles. The number of H-pyrrole nitrogens is 1. The molecule has 2 saturated heterocycles. The molecule has 0 bridgehead atoms. The highest BCUT2D eigenvalue weighted by Gasteiger charge is 2.57. The second-order valence-corrected chi connectivity index (χ2v) is 11.9.